The van der Waals surface area contributed by atoms with Crippen molar-refractivity contribution in [3.63, 3.8) is 0 Å². The van der Waals surface area contributed by atoms with Crippen LogP contribution in [0.2, 0.25) is 0 Å². The summed E-state index contributed by atoms with van der Waals surface area (Å²) in [6, 6.07) is 5.99. The molecular weight excluding hydrogens is 311 g/mol. The highest BCUT2D eigenvalue weighted by molar-refractivity contribution is 5.76. The summed E-state index contributed by atoms with van der Waals surface area (Å²) in [5, 5.41) is 11.3. The molecule has 1 atom stereocenters. The van der Waals surface area contributed by atoms with Crippen molar-refractivity contribution in [3.05, 3.63) is 41.7 Å². The largest absolute Gasteiger partial charge is 0.494 e. The molecule has 0 aliphatic carbocycles. The Morgan fingerprint density at radius 1 is 1.38 bits per heavy atom. The van der Waals surface area contributed by atoms with Gasteiger partial charge in [-0.1, -0.05) is 0 Å². The summed E-state index contributed by atoms with van der Waals surface area (Å²) in [5.41, 5.74) is 0. The molecule has 2 aromatic rings. The number of rotatable bonds is 6. The standard InChI is InChI=1S/C17H21FN4O2/c1-12-20-21-16-9-6-14(11-22(12)16)19-17(23)3-2-10-24-15-7-4-13(18)5-8-15/h4-5,7-8,14H,2-3,6,9-11H2,1H3,(H,19,23)/t14-/m1/s1. The second-order valence-electron chi connectivity index (χ2n) is 5.98. The summed E-state index contributed by atoms with van der Waals surface area (Å²) in [5.74, 6) is 2.22. The summed E-state index contributed by atoms with van der Waals surface area (Å²) in [6.07, 6.45) is 2.74. The van der Waals surface area contributed by atoms with Gasteiger partial charge >= 0.3 is 0 Å². The number of hydrogen-bond acceptors (Lipinski definition) is 4. The molecule has 0 fully saturated rings. The normalized spacial score (nSPS) is 16.5. The molecule has 3 rings (SSSR count). The van der Waals surface area contributed by atoms with E-state index < -0.39 is 0 Å². The van der Waals surface area contributed by atoms with E-state index in [0.29, 0.717) is 25.2 Å². The molecule has 0 saturated heterocycles. The number of carbonyl (C=O) groups is 1. The van der Waals surface area contributed by atoms with Crippen LogP contribution in [-0.2, 0) is 17.8 Å². The Hall–Kier alpha value is -2.44. The zero-order valence-electron chi connectivity index (χ0n) is 13.7. The van der Waals surface area contributed by atoms with Gasteiger partial charge in [0, 0.05) is 25.4 Å². The lowest BCUT2D eigenvalue weighted by Crippen LogP contribution is -2.41. The maximum atomic E-state index is 12.8. The molecule has 1 aromatic heterocycles. The molecule has 0 unspecified atom stereocenters. The molecule has 1 aliphatic heterocycles. The Kier molecular flexibility index (Phi) is 5.08. The van der Waals surface area contributed by atoms with Gasteiger partial charge in [-0.2, -0.15) is 0 Å². The Bertz CT molecular complexity index is 699. The molecule has 24 heavy (non-hydrogen) atoms. The number of nitrogens with one attached hydrogen (secondary N) is 1. The predicted octanol–water partition coefficient (Wildman–Crippen LogP) is 2.02. The molecule has 1 amide bonds. The average molecular weight is 332 g/mol. The molecule has 0 spiro atoms. The van der Waals surface area contributed by atoms with Crippen molar-refractivity contribution in [2.75, 3.05) is 6.61 Å². The molecule has 6 nitrogen and oxygen atoms in total. The van der Waals surface area contributed by atoms with Crippen LogP contribution in [0.3, 0.4) is 0 Å². The predicted molar refractivity (Wildman–Crippen MR) is 86.1 cm³/mol. The third-order valence-electron chi connectivity index (χ3n) is 4.13. The van der Waals surface area contributed by atoms with Crippen molar-refractivity contribution in [1.29, 1.82) is 0 Å². The number of ether oxygens (including phenoxy) is 1. The number of halogens is 1. The van der Waals surface area contributed by atoms with Gasteiger partial charge in [0.05, 0.1) is 6.61 Å². The highest BCUT2D eigenvalue weighted by Crippen LogP contribution is 2.15. The molecule has 1 aromatic carbocycles. The van der Waals surface area contributed by atoms with E-state index in [0.717, 1.165) is 31.0 Å². The zero-order chi connectivity index (χ0) is 16.9. The van der Waals surface area contributed by atoms with Crippen molar-refractivity contribution in [2.24, 2.45) is 0 Å². The first-order valence-electron chi connectivity index (χ1n) is 8.18. The minimum Gasteiger partial charge on any atom is -0.494 e. The Balaban J connectivity index is 1.37. The highest BCUT2D eigenvalue weighted by Gasteiger charge is 2.22. The fourth-order valence-electron chi connectivity index (χ4n) is 2.83. The van der Waals surface area contributed by atoms with Crippen LogP contribution in [0.1, 0.15) is 30.9 Å². The maximum absolute atomic E-state index is 12.8. The zero-order valence-corrected chi connectivity index (χ0v) is 13.7. The van der Waals surface area contributed by atoms with E-state index in [1.54, 1.807) is 12.1 Å². The Labute approximate surface area is 140 Å². The molecule has 0 saturated carbocycles. The van der Waals surface area contributed by atoms with Gasteiger partial charge in [-0.25, -0.2) is 4.39 Å². The lowest BCUT2D eigenvalue weighted by atomic mass is 10.1. The van der Waals surface area contributed by atoms with Crippen LogP contribution in [0.25, 0.3) is 0 Å². The third kappa shape index (κ3) is 4.10. The van der Waals surface area contributed by atoms with Crippen LogP contribution in [0, 0.1) is 12.7 Å². The van der Waals surface area contributed by atoms with Gasteiger partial charge in [0.2, 0.25) is 5.91 Å². The summed E-state index contributed by atoms with van der Waals surface area (Å²) >= 11 is 0. The van der Waals surface area contributed by atoms with E-state index in [1.807, 2.05) is 6.92 Å². The third-order valence-corrected chi connectivity index (χ3v) is 4.13. The summed E-state index contributed by atoms with van der Waals surface area (Å²) in [6.45, 7) is 3.08. The number of nitrogens with zero attached hydrogens (tertiary/aromatic N) is 3. The number of benzene rings is 1. The lowest BCUT2D eigenvalue weighted by molar-refractivity contribution is -0.122. The van der Waals surface area contributed by atoms with E-state index in [-0.39, 0.29) is 17.8 Å². The first kappa shape index (κ1) is 16.4. The van der Waals surface area contributed by atoms with Crippen LogP contribution in [0.5, 0.6) is 5.75 Å². The van der Waals surface area contributed by atoms with E-state index >= 15 is 0 Å². The van der Waals surface area contributed by atoms with Crippen molar-refractivity contribution in [3.8, 4) is 5.75 Å². The SMILES string of the molecule is Cc1nnc2n1C[C@H](NC(=O)CCCOc1ccc(F)cc1)CC2. The minimum absolute atomic E-state index is 0.0249. The molecule has 128 valence electrons. The number of aromatic nitrogens is 3. The van der Waals surface area contributed by atoms with Crippen LogP contribution in [-0.4, -0.2) is 33.3 Å². The second kappa shape index (κ2) is 7.42. The fraction of sp³-hybridized carbons (Fsp3) is 0.471. The summed E-state index contributed by atoms with van der Waals surface area (Å²) in [7, 11) is 0. The van der Waals surface area contributed by atoms with Crippen LogP contribution in [0.15, 0.2) is 24.3 Å². The number of hydrogen-bond donors (Lipinski definition) is 1. The van der Waals surface area contributed by atoms with E-state index in [4.69, 9.17) is 4.74 Å². The first-order valence-corrected chi connectivity index (χ1v) is 8.18. The van der Waals surface area contributed by atoms with Gasteiger partial charge < -0.3 is 14.6 Å². The maximum Gasteiger partial charge on any atom is 0.220 e. The number of fused-ring (bicyclic) bond motifs is 1. The highest BCUT2D eigenvalue weighted by atomic mass is 19.1. The average Bonchev–Trinajstić information content (AvgIpc) is 2.94. The van der Waals surface area contributed by atoms with Gasteiger partial charge in [0.25, 0.3) is 0 Å². The van der Waals surface area contributed by atoms with Gasteiger partial charge in [0.15, 0.2) is 0 Å². The van der Waals surface area contributed by atoms with E-state index in [2.05, 4.69) is 20.1 Å². The van der Waals surface area contributed by atoms with Crippen LogP contribution in [0.4, 0.5) is 4.39 Å². The van der Waals surface area contributed by atoms with Gasteiger partial charge in [-0.3, -0.25) is 4.79 Å². The molecule has 7 heteroatoms. The van der Waals surface area contributed by atoms with Gasteiger partial charge in [-0.15, -0.1) is 10.2 Å². The fourth-order valence-corrected chi connectivity index (χ4v) is 2.83. The summed E-state index contributed by atoms with van der Waals surface area (Å²) in [4.78, 5) is 12.0. The first-order chi connectivity index (χ1) is 11.6. The summed E-state index contributed by atoms with van der Waals surface area (Å²) < 4.78 is 20.3. The topological polar surface area (TPSA) is 69.0 Å². The monoisotopic (exact) mass is 332 g/mol. The minimum atomic E-state index is -0.291. The molecule has 0 bridgehead atoms. The number of aryl methyl sites for hydroxylation is 2. The molecule has 0 radical (unpaired) electrons. The second-order valence-corrected chi connectivity index (χ2v) is 5.98. The van der Waals surface area contributed by atoms with Crippen LogP contribution < -0.4 is 10.1 Å². The van der Waals surface area contributed by atoms with E-state index in [9.17, 15) is 9.18 Å². The van der Waals surface area contributed by atoms with Crippen LogP contribution >= 0.6 is 0 Å². The van der Waals surface area contributed by atoms with Crippen molar-refractivity contribution < 1.29 is 13.9 Å². The van der Waals surface area contributed by atoms with Crippen molar-refractivity contribution in [2.45, 2.75) is 45.2 Å². The molecular formula is C17H21FN4O2. The number of amides is 1. The lowest BCUT2D eigenvalue weighted by Gasteiger charge is -2.24. The number of carbonyl (C=O) groups excluding carboxylic acids is 1. The Morgan fingerprint density at radius 3 is 2.96 bits per heavy atom. The molecule has 1 aliphatic rings. The molecule has 2 heterocycles. The van der Waals surface area contributed by atoms with Crippen molar-refractivity contribution in [1.82, 2.24) is 20.1 Å². The van der Waals surface area contributed by atoms with E-state index in [1.165, 1.54) is 12.1 Å². The van der Waals surface area contributed by atoms with Gasteiger partial charge in [-0.05, 0) is 44.0 Å². The van der Waals surface area contributed by atoms with Gasteiger partial charge in [0.1, 0.15) is 23.2 Å². The quantitative estimate of drug-likeness (QED) is 0.822. The van der Waals surface area contributed by atoms with Crippen molar-refractivity contribution >= 4 is 5.91 Å². The Morgan fingerprint density at radius 2 is 2.17 bits per heavy atom. The molecule has 1 N–H and O–H groups in total. The smallest absolute Gasteiger partial charge is 0.220 e.